The van der Waals surface area contributed by atoms with E-state index in [1.54, 1.807) is 0 Å². The summed E-state index contributed by atoms with van der Waals surface area (Å²) in [5.41, 5.74) is 8.02. The van der Waals surface area contributed by atoms with Gasteiger partial charge in [0.15, 0.2) is 0 Å². The molecule has 3 rings (SSSR count). The van der Waals surface area contributed by atoms with Crippen molar-refractivity contribution < 1.29 is 4.74 Å². The fourth-order valence-corrected chi connectivity index (χ4v) is 2.73. The van der Waals surface area contributed by atoms with E-state index in [-0.39, 0.29) is 0 Å². The first-order valence-electron chi connectivity index (χ1n) is 5.21. The van der Waals surface area contributed by atoms with E-state index in [0.29, 0.717) is 23.9 Å². The summed E-state index contributed by atoms with van der Waals surface area (Å²) in [4.78, 5) is 0. The normalized spacial score (nSPS) is 35.4. The van der Waals surface area contributed by atoms with Crippen LogP contribution in [0.1, 0.15) is 36.4 Å². The molecule has 0 saturated carbocycles. The zero-order chi connectivity index (χ0) is 9.71. The Kier molecular flexibility index (Phi) is 1.62. The summed E-state index contributed by atoms with van der Waals surface area (Å²) in [6.45, 7) is 2.03. The van der Waals surface area contributed by atoms with E-state index in [1.807, 2.05) is 6.92 Å². The van der Waals surface area contributed by atoms with E-state index in [9.17, 15) is 0 Å². The number of aromatic amines is 1. The van der Waals surface area contributed by atoms with Crippen molar-refractivity contribution in [3.63, 3.8) is 0 Å². The number of anilines is 1. The molecule has 2 aliphatic rings. The third kappa shape index (κ3) is 1.00. The second-order valence-electron chi connectivity index (χ2n) is 4.36. The Bertz CT molecular complexity index is 360. The number of nitrogens with one attached hydrogen (secondary N) is 1. The van der Waals surface area contributed by atoms with Crippen molar-refractivity contribution in [1.82, 2.24) is 10.2 Å². The van der Waals surface area contributed by atoms with Crippen molar-refractivity contribution in [2.75, 3.05) is 5.73 Å². The second kappa shape index (κ2) is 2.73. The minimum absolute atomic E-state index is 0.401. The number of hydrogen-bond acceptors (Lipinski definition) is 3. The highest BCUT2D eigenvalue weighted by Gasteiger charge is 2.42. The van der Waals surface area contributed by atoms with Crippen LogP contribution in [0.4, 0.5) is 5.82 Å². The second-order valence-corrected chi connectivity index (χ2v) is 4.36. The van der Waals surface area contributed by atoms with Crippen molar-refractivity contribution in [3.05, 3.63) is 11.3 Å². The molecule has 1 aromatic rings. The first-order chi connectivity index (χ1) is 6.75. The third-order valence-electron chi connectivity index (χ3n) is 3.56. The van der Waals surface area contributed by atoms with Crippen molar-refractivity contribution in [2.24, 2.45) is 0 Å². The molecule has 2 aliphatic heterocycles. The molecule has 4 heteroatoms. The Hall–Kier alpha value is -1.03. The quantitative estimate of drug-likeness (QED) is 0.707. The SMILES string of the molecule is Cc1c(N)n[nH]c1C1CC2CCC1O2. The van der Waals surface area contributed by atoms with Crippen LogP contribution in [0.15, 0.2) is 0 Å². The molecule has 2 saturated heterocycles. The molecule has 2 fully saturated rings. The van der Waals surface area contributed by atoms with Crippen LogP contribution in [0.25, 0.3) is 0 Å². The summed E-state index contributed by atoms with van der Waals surface area (Å²) < 4.78 is 5.81. The highest BCUT2D eigenvalue weighted by Crippen LogP contribution is 2.44. The van der Waals surface area contributed by atoms with Gasteiger partial charge in [-0.25, -0.2) is 0 Å². The molecular weight excluding hydrogens is 178 g/mol. The Labute approximate surface area is 82.8 Å². The first kappa shape index (κ1) is 8.29. The van der Waals surface area contributed by atoms with Crippen LogP contribution in [0.5, 0.6) is 0 Å². The maximum Gasteiger partial charge on any atom is 0.148 e. The van der Waals surface area contributed by atoms with Crippen LogP contribution in [-0.4, -0.2) is 22.4 Å². The molecule has 3 atom stereocenters. The van der Waals surface area contributed by atoms with Gasteiger partial charge >= 0.3 is 0 Å². The molecule has 0 amide bonds. The standard InChI is InChI=1S/C10H15N3O/c1-5-9(12-13-10(5)11)7-4-6-2-3-8(7)14-6/h6-8H,2-4H2,1H3,(H3,11,12,13). The zero-order valence-electron chi connectivity index (χ0n) is 8.29. The van der Waals surface area contributed by atoms with Crippen molar-refractivity contribution in [2.45, 2.75) is 44.3 Å². The molecule has 0 radical (unpaired) electrons. The number of nitrogens with two attached hydrogens (primary N) is 1. The first-order valence-corrected chi connectivity index (χ1v) is 5.21. The van der Waals surface area contributed by atoms with Gasteiger partial charge in [0.2, 0.25) is 0 Å². The molecule has 4 nitrogen and oxygen atoms in total. The molecule has 3 N–H and O–H groups in total. The van der Waals surface area contributed by atoms with Gasteiger partial charge in [0.25, 0.3) is 0 Å². The van der Waals surface area contributed by atoms with Crippen LogP contribution in [0.3, 0.4) is 0 Å². The van der Waals surface area contributed by atoms with Crippen LogP contribution in [0, 0.1) is 6.92 Å². The van der Waals surface area contributed by atoms with Gasteiger partial charge in [0, 0.05) is 17.2 Å². The number of nitrogen functional groups attached to an aromatic ring is 1. The monoisotopic (exact) mass is 193 g/mol. The van der Waals surface area contributed by atoms with Crippen LogP contribution in [0.2, 0.25) is 0 Å². The van der Waals surface area contributed by atoms with Gasteiger partial charge in [-0.3, -0.25) is 5.10 Å². The molecule has 2 bridgehead atoms. The molecule has 76 valence electrons. The lowest BCUT2D eigenvalue weighted by atomic mass is 9.85. The van der Waals surface area contributed by atoms with E-state index < -0.39 is 0 Å². The number of fused-ring (bicyclic) bond motifs is 2. The highest BCUT2D eigenvalue weighted by molar-refractivity contribution is 5.42. The Morgan fingerprint density at radius 1 is 1.50 bits per heavy atom. The highest BCUT2D eigenvalue weighted by atomic mass is 16.5. The Morgan fingerprint density at radius 3 is 2.86 bits per heavy atom. The average Bonchev–Trinajstić information content (AvgIpc) is 2.84. The van der Waals surface area contributed by atoms with Crippen molar-refractivity contribution in [3.8, 4) is 0 Å². The number of rotatable bonds is 1. The molecule has 3 unspecified atom stereocenters. The van der Waals surface area contributed by atoms with Crippen LogP contribution >= 0.6 is 0 Å². The van der Waals surface area contributed by atoms with Gasteiger partial charge in [-0.15, -0.1) is 0 Å². The van der Waals surface area contributed by atoms with E-state index >= 15 is 0 Å². The molecule has 0 aliphatic carbocycles. The molecular formula is C10H15N3O. The van der Waals surface area contributed by atoms with E-state index in [2.05, 4.69) is 10.2 Å². The third-order valence-corrected chi connectivity index (χ3v) is 3.56. The largest absolute Gasteiger partial charge is 0.382 e. The summed E-state index contributed by atoms with van der Waals surface area (Å²) >= 11 is 0. The van der Waals surface area contributed by atoms with Crippen LogP contribution < -0.4 is 5.73 Å². The molecule has 14 heavy (non-hydrogen) atoms. The minimum atomic E-state index is 0.401. The Morgan fingerprint density at radius 2 is 2.36 bits per heavy atom. The Balaban J connectivity index is 1.93. The van der Waals surface area contributed by atoms with E-state index in [4.69, 9.17) is 10.5 Å². The molecule has 3 heterocycles. The number of aromatic nitrogens is 2. The minimum Gasteiger partial charge on any atom is -0.382 e. The maximum absolute atomic E-state index is 5.81. The lowest BCUT2D eigenvalue weighted by Crippen LogP contribution is -2.15. The van der Waals surface area contributed by atoms with Crippen molar-refractivity contribution in [1.29, 1.82) is 0 Å². The number of nitrogens with zero attached hydrogens (tertiary/aromatic N) is 1. The molecule has 0 aromatic carbocycles. The predicted octanol–water partition coefficient (Wildman–Crippen LogP) is 1.34. The predicted molar refractivity (Wildman–Crippen MR) is 53.0 cm³/mol. The molecule has 1 aromatic heterocycles. The smallest absolute Gasteiger partial charge is 0.148 e. The van der Waals surface area contributed by atoms with Gasteiger partial charge < -0.3 is 10.5 Å². The van der Waals surface area contributed by atoms with Gasteiger partial charge in [-0.05, 0) is 26.2 Å². The summed E-state index contributed by atoms with van der Waals surface area (Å²) in [6.07, 6.45) is 4.43. The van der Waals surface area contributed by atoms with Gasteiger partial charge in [0.05, 0.1) is 12.2 Å². The van der Waals surface area contributed by atoms with Crippen LogP contribution in [-0.2, 0) is 4.74 Å². The fourth-order valence-electron chi connectivity index (χ4n) is 2.73. The average molecular weight is 193 g/mol. The van der Waals surface area contributed by atoms with Gasteiger partial charge in [-0.1, -0.05) is 0 Å². The topological polar surface area (TPSA) is 63.9 Å². The molecule has 0 spiro atoms. The van der Waals surface area contributed by atoms with Gasteiger partial charge in [-0.2, -0.15) is 5.10 Å². The lowest BCUT2D eigenvalue weighted by Gasteiger charge is -2.17. The number of hydrogen-bond donors (Lipinski definition) is 2. The fraction of sp³-hybridized carbons (Fsp3) is 0.700. The number of ether oxygens (including phenoxy) is 1. The van der Waals surface area contributed by atoms with Gasteiger partial charge in [0.1, 0.15) is 5.82 Å². The lowest BCUT2D eigenvalue weighted by molar-refractivity contribution is 0.100. The van der Waals surface area contributed by atoms with E-state index in [1.165, 1.54) is 18.5 Å². The summed E-state index contributed by atoms with van der Waals surface area (Å²) in [6, 6.07) is 0. The summed E-state index contributed by atoms with van der Waals surface area (Å²) in [5.74, 6) is 1.13. The summed E-state index contributed by atoms with van der Waals surface area (Å²) in [7, 11) is 0. The maximum atomic E-state index is 5.81. The van der Waals surface area contributed by atoms with Crippen molar-refractivity contribution >= 4 is 5.82 Å². The van der Waals surface area contributed by atoms with E-state index in [0.717, 1.165) is 12.0 Å². The summed E-state index contributed by atoms with van der Waals surface area (Å²) in [5, 5.41) is 7.09. The number of H-pyrrole nitrogens is 1. The zero-order valence-corrected chi connectivity index (χ0v) is 8.29.